The highest BCUT2D eigenvalue weighted by atomic mass is 32.2. The zero-order valence-electron chi connectivity index (χ0n) is 11.6. The first-order valence-electron chi connectivity index (χ1n) is 6.57. The van der Waals surface area contributed by atoms with Crippen LogP contribution in [0.2, 0.25) is 0 Å². The number of carbonyl (C=O) groups excluding carboxylic acids is 1. The number of nitro benzene ring substituents is 1. The molecule has 1 aliphatic heterocycles. The molecule has 0 spiro atoms. The van der Waals surface area contributed by atoms with Crippen molar-refractivity contribution in [3.8, 4) is 0 Å². The minimum absolute atomic E-state index is 0.136. The zero-order valence-corrected chi connectivity index (χ0v) is 12.4. The minimum atomic E-state index is -3.92. The van der Waals surface area contributed by atoms with Gasteiger partial charge < -0.3 is 4.79 Å². The normalized spacial score (nSPS) is 17.6. The van der Waals surface area contributed by atoms with Gasteiger partial charge in [-0.15, -0.1) is 0 Å². The van der Waals surface area contributed by atoms with E-state index >= 15 is 0 Å². The molecule has 1 saturated heterocycles. The van der Waals surface area contributed by atoms with Gasteiger partial charge in [-0.25, -0.2) is 8.42 Å². The molecule has 0 radical (unpaired) electrons. The Hall–Kier alpha value is -1.80. The Bertz CT molecular complexity index is 663. The van der Waals surface area contributed by atoms with Gasteiger partial charge in [-0.1, -0.05) is 12.1 Å². The van der Waals surface area contributed by atoms with E-state index in [1.165, 1.54) is 29.4 Å². The topological polar surface area (TPSA) is 97.6 Å². The summed E-state index contributed by atoms with van der Waals surface area (Å²) >= 11 is 0. The number of aldehydes is 1. The van der Waals surface area contributed by atoms with Crippen molar-refractivity contribution in [2.45, 2.75) is 24.7 Å². The van der Waals surface area contributed by atoms with Gasteiger partial charge in [0.05, 0.1) is 4.92 Å². The molecule has 0 atom stereocenters. The molecule has 0 amide bonds. The quantitative estimate of drug-likeness (QED) is 0.477. The fourth-order valence-electron chi connectivity index (χ4n) is 2.50. The third-order valence-corrected chi connectivity index (χ3v) is 5.77. The van der Waals surface area contributed by atoms with E-state index in [0.29, 0.717) is 18.4 Å². The van der Waals surface area contributed by atoms with Crippen molar-refractivity contribution in [2.75, 3.05) is 13.1 Å². The Morgan fingerprint density at radius 3 is 2.48 bits per heavy atom. The number of carbonyl (C=O) groups is 1. The van der Waals surface area contributed by atoms with Crippen molar-refractivity contribution in [1.29, 1.82) is 0 Å². The molecule has 7 nitrogen and oxygen atoms in total. The smallest absolute Gasteiger partial charge is 0.289 e. The van der Waals surface area contributed by atoms with E-state index in [9.17, 15) is 23.3 Å². The lowest BCUT2D eigenvalue weighted by Crippen LogP contribution is -2.39. The summed E-state index contributed by atoms with van der Waals surface area (Å²) in [5, 5.41) is 11.1. The van der Waals surface area contributed by atoms with Gasteiger partial charge in [-0.05, 0) is 25.3 Å². The van der Waals surface area contributed by atoms with Crippen molar-refractivity contribution >= 4 is 22.0 Å². The summed E-state index contributed by atoms with van der Waals surface area (Å²) in [6, 6.07) is 4.20. The predicted octanol–water partition coefficient (Wildman–Crippen LogP) is 1.50. The van der Waals surface area contributed by atoms with Crippen LogP contribution in [0, 0.1) is 23.0 Å². The Kier molecular flexibility index (Phi) is 4.38. The molecule has 1 fully saturated rings. The maximum Gasteiger partial charge on any atom is 0.289 e. The van der Waals surface area contributed by atoms with Gasteiger partial charge in [0, 0.05) is 25.1 Å². The van der Waals surface area contributed by atoms with E-state index in [1.54, 1.807) is 0 Å². The number of aryl methyl sites for hydroxylation is 1. The third-order valence-electron chi connectivity index (χ3n) is 3.68. The molecule has 0 aromatic heterocycles. The van der Waals surface area contributed by atoms with Gasteiger partial charge in [0.25, 0.3) is 5.69 Å². The minimum Gasteiger partial charge on any atom is -0.303 e. The molecule has 8 heteroatoms. The molecule has 1 heterocycles. The largest absolute Gasteiger partial charge is 0.303 e. The number of benzene rings is 1. The highest BCUT2D eigenvalue weighted by Crippen LogP contribution is 2.31. The van der Waals surface area contributed by atoms with Crippen LogP contribution < -0.4 is 0 Å². The second-order valence-corrected chi connectivity index (χ2v) is 6.93. The Balaban J connectivity index is 2.41. The number of nitrogens with zero attached hydrogens (tertiary/aromatic N) is 2. The number of hydrogen-bond acceptors (Lipinski definition) is 5. The van der Waals surface area contributed by atoms with Crippen LogP contribution in [0.15, 0.2) is 23.1 Å². The lowest BCUT2D eigenvalue weighted by molar-refractivity contribution is -0.387. The second-order valence-electron chi connectivity index (χ2n) is 5.06. The number of nitro groups is 1. The molecule has 0 saturated carbocycles. The number of piperidine rings is 1. The monoisotopic (exact) mass is 312 g/mol. The van der Waals surface area contributed by atoms with Gasteiger partial charge in [-0.2, -0.15) is 4.31 Å². The molecule has 1 aliphatic rings. The van der Waals surface area contributed by atoms with Crippen LogP contribution in [0.3, 0.4) is 0 Å². The molecule has 114 valence electrons. The van der Waals surface area contributed by atoms with Crippen LogP contribution in [-0.4, -0.2) is 37.0 Å². The van der Waals surface area contributed by atoms with Crippen LogP contribution in [0.4, 0.5) is 5.69 Å². The summed E-state index contributed by atoms with van der Waals surface area (Å²) < 4.78 is 26.5. The van der Waals surface area contributed by atoms with Crippen LogP contribution in [0.1, 0.15) is 18.4 Å². The van der Waals surface area contributed by atoms with E-state index in [4.69, 9.17) is 0 Å². The van der Waals surface area contributed by atoms with Gasteiger partial charge in [-0.3, -0.25) is 10.1 Å². The molecule has 1 aromatic rings. The average Bonchev–Trinajstić information content (AvgIpc) is 2.46. The van der Waals surface area contributed by atoms with Gasteiger partial charge in [0.15, 0.2) is 4.90 Å². The number of sulfonamides is 1. The van der Waals surface area contributed by atoms with Crippen LogP contribution in [-0.2, 0) is 14.8 Å². The summed E-state index contributed by atoms with van der Waals surface area (Å²) in [7, 11) is -3.92. The molecular weight excluding hydrogens is 296 g/mol. The lowest BCUT2D eigenvalue weighted by Gasteiger charge is -2.29. The van der Waals surface area contributed by atoms with Gasteiger partial charge in [0.1, 0.15) is 6.29 Å². The van der Waals surface area contributed by atoms with Crippen molar-refractivity contribution in [2.24, 2.45) is 5.92 Å². The first-order valence-corrected chi connectivity index (χ1v) is 8.01. The van der Waals surface area contributed by atoms with Crippen LogP contribution in [0.5, 0.6) is 0 Å². The van der Waals surface area contributed by atoms with Crippen molar-refractivity contribution in [3.05, 3.63) is 33.9 Å². The zero-order chi connectivity index (χ0) is 15.6. The number of hydrogen-bond donors (Lipinski definition) is 0. The summed E-state index contributed by atoms with van der Waals surface area (Å²) in [4.78, 5) is 20.9. The first-order chi connectivity index (χ1) is 9.87. The highest BCUT2D eigenvalue weighted by Gasteiger charge is 2.35. The highest BCUT2D eigenvalue weighted by molar-refractivity contribution is 7.89. The SMILES string of the molecule is Cc1cccc([N+](=O)[O-])c1S(=O)(=O)N1CCC(C=O)CC1. The fraction of sp³-hybridized carbons (Fsp3) is 0.462. The molecule has 0 unspecified atom stereocenters. The van der Waals surface area contributed by atoms with Crippen molar-refractivity contribution in [3.63, 3.8) is 0 Å². The maximum absolute atomic E-state index is 12.7. The van der Waals surface area contributed by atoms with Crippen molar-refractivity contribution < 1.29 is 18.1 Å². The number of rotatable bonds is 4. The van der Waals surface area contributed by atoms with Gasteiger partial charge >= 0.3 is 0 Å². The maximum atomic E-state index is 12.7. The van der Waals surface area contributed by atoms with Crippen LogP contribution >= 0.6 is 0 Å². The van der Waals surface area contributed by atoms with E-state index in [-0.39, 0.29) is 23.9 Å². The van der Waals surface area contributed by atoms with Crippen LogP contribution in [0.25, 0.3) is 0 Å². The summed E-state index contributed by atoms with van der Waals surface area (Å²) in [6.45, 7) is 1.95. The molecule has 1 aromatic carbocycles. The van der Waals surface area contributed by atoms with E-state index in [0.717, 1.165) is 6.29 Å². The molecule has 0 bridgehead atoms. The Morgan fingerprint density at radius 1 is 1.33 bits per heavy atom. The predicted molar refractivity (Wildman–Crippen MR) is 75.4 cm³/mol. The average molecular weight is 312 g/mol. The Morgan fingerprint density at radius 2 is 1.95 bits per heavy atom. The van der Waals surface area contributed by atoms with E-state index in [1.807, 2.05) is 0 Å². The molecule has 0 N–H and O–H groups in total. The van der Waals surface area contributed by atoms with E-state index < -0.39 is 20.6 Å². The summed E-state index contributed by atoms with van der Waals surface area (Å²) in [5.41, 5.74) is -0.0609. The third kappa shape index (κ3) is 2.96. The standard InChI is InChI=1S/C13H16N2O5S/c1-10-3-2-4-12(15(17)18)13(10)21(19,20)14-7-5-11(9-16)6-8-14/h2-4,9,11H,5-8H2,1H3. The molecule has 21 heavy (non-hydrogen) atoms. The summed E-state index contributed by atoms with van der Waals surface area (Å²) in [6.07, 6.45) is 1.73. The van der Waals surface area contributed by atoms with Gasteiger partial charge in [0.2, 0.25) is 10.0 Å². The fourth-order valence-corrected chi connectivity index (χ4v) is 4.33. The summed E-state index contributed by atoms with van der Waals surface area (Å²) in [5.74, 6) is -0.136. The second kappa shape index (κ2) is 5.90. The Labute approximate surface area is 122 Å². The van der Waals surface area contributed by atoms with E-state index in [2.05, 4.69) is 0 Å². The van der Waals surface area contributed by atoms with Crippen molar-refractivity contribution in [1.82, 2.24) is 4.31 Å². The first kappa shape index (κ1) is 15.6. The lowest BCUT2D eigenvalue weighted by atomic mass is 10.0. The molecule has 2 rings (SSSR count). The molecular formula is C13H16N2O5S. The molecule has 0 aliphatic carbocycles.